The third-order valence-electron chi connectivity index (χ3n) is 6.39. The molecule has 1 amide bonds. The number of carboxylic acid groups (broad SMARTS) is 1. The molecule has 2 N–H and O–H groups in total. The zero-order valence-corrected chi connectivity index (χ0v) is 20.1. The first kappa shape index (κ1) is 24.3. The number of amides is 1. The van der Waals surface area contributed by atoms with Crippen LogP contribution >= 0.6 is 11.3 Å². The number of aliphatic hydroxyl groups excluding tert-OH is 1. The number of hydrogen-bond acceptors (Lipinski definition) is 7. The van der Waals surface area contributed by atoms with E-state index in [-0.39, 0.29) is 23.9 Å². The highest BCUT2D eigenvalue weighted by Crippen LogP contribution is 2.41. The van der Waals surface area contributed by atoms with Crippen LogP contribution in [-0.4, -0.2) is 79.4 Å². The van der Waals surface area contributed by atoms with Crippen LogP contribution in [0.25, 0.3) is 0 Å². The van der Waals surface area contributed by atoms with E-state index < -0.39 is 0 Å². The molecule has 2 saturated heterocycles. The topological polar surface area (TPSA) is 112 Å². The molecule has 0 saturated carbocycles. The minimum atomic E-state index is -0.313. The van der Waals surface area contributed by atoms with Crippen molar-refractivity contribution < 1.29 is 19.8 Å². The first-order valence-corrected chi connectivity index (χ1v) is 11.7. The van der Waals surface area contributed by atoms with E-state index in [1.165, 1.54) is 17.0 Å². The van der Waals surface area contributed by atoms with Crippen LogP contribution in [0.2, 0.25) is 0 Å². The molecule has 0 aromatic carbocycles. The second-order valence-electron chi connectivity index (χ2n) is 8.97. The molecule has 4 heterocycles. The highest BCUT2D eigenvalue weighted by atomic mass is 32.1. The lowest BCUT2D eigenvalue weighted by Gasteiger charge is -2.49. The van der Waals surface area contributed by atoms with Crippen LogP contribution in [0.3, 0.4) is 0 Å². The lowest BCUT2D eigenvalue weighted by atomic mass is 9.71. The van der Waals surface area contributed by atoms with Crippen molar-refractivity contribution >= 4 is 23.7 Å². The Kier molecular flexibility index (Phi) is 7.68. The lowest BCUT2D eigenvalue weighted by molar-refractivity contribution is -0.122. The molecule has 2 aliphatic heterocycles. The van der Waals surface area contributed by atoms with Crippen molar-refractivity contribution in [3.05, 3.63) is 33.0 Å². The Morgan fingerprint density at radius 3 is 2.50 bits per heavy atom. The molecule has 32 heavy (non-hydrogen) atoms. The van der Waals surface area contributed by atoms with Crippen LogP contribution in [0.4, 0.5) is 0 Å². The molecule has 0 radical (unpaired) electrons. The monoisotopic (exact) mass is 463 g/mol. The number of carbonyl (C=O) groups excluding carboxylic acids is 1. The third kappa shape index (κ3) is 5.54. The molecule has 2 aromatic rings. The summed E-state index contributed by atoms with van der Waals surface area (Å²) in [5, 5.41) is 22.9. The molecule has 2 fully saturated rings. The van der Waals surface area contributed by atoms with Crippen molar-refractivity contribution in [1.29, 1.82) is 0 Å². The van der Waals surface area contributed by atoms with E-state index in [0.29, 0.717) is 6.54 Å². The van der Waals surface area contributed by atoms with E-state index in [1.807, 2.05) is 37.4 Å². The molecule has 1 unspecified atom stereocenters. The van der Waals surface area contributed by atoms with Crippen molar-refractivity contribution in [2.24, 2.45) is 12.5 Å². The molecule has 2 aromatic heterocycles. The van der Waals surface area contributed by atoms with Gasteiger partial charge in [0.2, 0.25) is 0 Å². The average molecular weight is 464 g/mol. The molecule has 0 bridgehead atoms. The van der Waals surface area contributed by atoms with Gasteiger partial charge in [0.05, 0.1) is 28.2 Å². The van der Waals surface area contributed by atoms with Gasteiger partial charge in [-0.05, 0) is 51.5 Å². The van der Waals surface area contributed by atoms with Crippen LogP contribution in [0, 0.1) is 26.2 Å². The smallest absolute Gasteiger partial charge is 0.290 e. The van der Waals surface area contributed by atoms with Crippen LogP contribution in [0.5, 0.6) is 0 Å². The minimum Gasteiger partial charge on any atom is -0.483 e. The standard InChI is InChI=1S/C21H31N5O2S.CH2O2/c1-14-9-17(24(4)23-14)11-25-12-18(27)10-21(13-25)5-7-26(8-6-21)20(28)19-15(2)22-16(3)29-19;2-1-3/h9,18,27H,5-8,10-13H2,1-4H3;1H,(H,2,3). The molecule has 4 rings (SSSR count). The van der Waals surface area contributed by atoms with Crippen molar-refractivity contribution in [3.8, 4) is 0 Å². The van der Waals surface area contributed by atoms with Crippen molar-refractivity contribution in [2.45, 2.75) is 52.7 Å². The van der Waals surface area contributed by atoms with Gasteiger partial charge in [-0.3, -0.25) is 19.2 Å². The summed E-state index contributed by atoms with van der Waals surface area (Å²) in [6, 6.07) is 2.12. The van der Waals surface area contributed by atoms with E-state index in [9.17, 15) is 9.90 Å². The summed E-state index contributed by atoms with van der Waals surface area (Å²) >= 11 is 1.49. The number of carbonyl (C=O) groups is 2. The fraction of sp³-hybridized carbons (Fsp3) is 0.636. The summed E-state index contributed by atoms with van der Waals surface area (Å²) in [4.78, 5) is 30.8. The van der Waals surface area contributed by atoms with Crippen molar-refractivity contribution in [2.75, 3.05) is 26.2 Å². The molecule has 1 atom stereocenters. The second-order valence-corrected chi connectivity index (χ2v) is 10.2. The predicted octanol–water partition coefficient (Wildman–Crippen LogP) is 1.99. The van der Waals surface area contributed by atoms with Crippen LogP contribution < -0.4 is 0 Å². The zero-order valence-electron chi connectivity index (χ0n) is 19.2. The summed E-state index contributed by atoms with van der Waals surface area (Å²) in [6.45, 7) is 9.59. The largest absolute Gasteiger partial charge is 0.483 e. The van der Waals surface area contributed by atoms with Crippen molar-refractivity contribution in [3.63, 3.8) is 0 Å². The Morgan fingerprint density at radius 1 is 1.31 bits per heavy atom. The Labute approximate surface area is 192 Å². The zero-order chi connectivity index (χ0) is 23.5. The number of piperidine rings is 2. The first-order chi connectivity index (χ1) is 15.2. The number of aryl methyl sites for hydroxylation is 4. The first-order valence-electron chi connectivity index (χ1n) is 10.9. The number of hydrogen-bond donors (Lipinski definition) is 2. The van der Waals surface area contributed by atoms with Gasteiger partial charge in [0, 0.05) is 39.8 Å². The second kappa shape index (κ2) is 10.1. The highest BCUT2D eigenvalue weighted by molar-refractivity contribution is 7.13. The molecule has 176 valence electrons. The number of nitrogens with zero attached hydrogens (tertiary/aromatic N) is 5. The molecule has 1 spiro atoms. The van der Waals surface area contributed by atoms with E-state index in [1.54, 1.807) is 0 Å². The summed E-state index contributed by atoms with van der Waals surface area (Å²) in [5.41, 5.74) is 3.12. The number of rotatable bonds is 3. The maximum Gasteiger partial charge on any atom is 0.290 e. The fourth-order valence-electron chi connectivity index (χ4n) is 5.05. The molecular weight excluding hydrogens is 430 g/mol. The SMILES string of the molecule is Cc1cc(CN2CC(O)CC3(CCN(C(=O)c4sc(C)nc4C)CC3)C2)n(C)n1.O=CO. The van der Waals surface area contributed by atoms with Gasteiger partial charge in [-0.2, -0.15) is 5.10 Å². The van der Waals surface area contributed by atoms with Gasteiger partial charge in [0.15, 0.2) is 0 Å². The average Bonchev–Trinajstić information content (AvgIpc) is 3.21. The van der Waals surface area contributed by atoms with Crippen LogP contribution in [0.1, 0.15) is 51.0 Å². The predicted molar refractivity (Wildman–Crippen MR) is 122 cm³/mol. The van der Waals surface area contributed by atoms with E-state index in [4.69, 9.17) is 9.90 Å². The summed E-state index contributed by atoms with van der Waals surface area (Å²) in [7, 11) is 1.98. The van der Waals surface area contributed by atoms with Gasteiger partial charge < -0.3 is 15.1 Å². The third-order valence-corrected chi connectivity index (χ3v) is 7.45. The summed E-state index contributed by atoms with van der Waals surface area (Å²) in [6.07, 6.45) is 2.39. The summed E-state index contributed by atoms with van der Waals surface area (Å²) < 4.78 is 1.93. The highest BCUT2D eigenvalue weighted by Gasteiger charge is 2.42. The van der Waals surface area contributed by atoms with Gasteiger partial charge in [-0.1, -0.05) is 0 Å². The normalized spacial score (nSPS) is 20.7. The lowest BCUT2D eigenvalue weighted by Crippen LogP contribution is -2.54. The Hall–Kier alpha value is -2.30. The van der Waals surface area contributed by atoms with E-state index in [0.717, 1.165) is 66.7 Å². The quantitative estimate of drug-likeness (QED) is 0.670. The number of likely N-dealkylation sites (tertiary alicyclic amines) is 2. The van der Waals surface area contributed by atoms with E-state index >= 15 is 0 Å². The van der Waals surface area contributed by atoms with Gasteiger partial charge in [-0.25, -0.2) is 4.98 Å². The van der Waals surface area contributed by atoms with Gasteiger partial charge in [0.1, 0.15) is 4.88 Å². The van der Waals surface area contributed by atoms with E-state index in [2.05, 4.69) is 21.0 Å². The maximum atomic E-state index is 12.9. The molecule has 10 heteroatoms. The number of β-amino-alcohol motifs (C(OH)–C–C–N with tert-alkyl or cyclic N) is 1. The molecule has 9 nitrogen and oxygen atoms in total. The summed E-state index contributed by atoms with van der Waals surface area (Å²) in [5.74, 6) is 0.113. The van der Waals surface area contributed by atoms with Gasteiger partial charge in [-0.15, -0.1) is 11.3 Å². The number of aromatic nitrogens is 3. The fourth-order valence-corrected chi connectivity index (χ4v) is 5.94. The van der Waals surface area contributed by atoms with Gasteiger partial charge >= 0.3 is 0 Å². The Morgan fingerprint density at radius 2 is 1.97 bits per heavy atom. The Balaban J connectivity index is 0.000000913. The molecular formula is C22H33N5O4S. The molecule has 0 aliphatic carbocycles. The number of aliphatic hydroxyl groups is 1. The van der Waals surface area contributed by atoms with Crippen LogP contribution in [-0.2, 0) is 18.4 Å². The van der Waals surface area contributed by atoms with Crippen molar-refractivity contribution in [1.82, 2.24) is 24.6 Å². The Bertz CT molecular complexity index is 948. The maximum absolute atomic E-state index is 12.9. The minimum absolute atomic E-state index is 0.0841. The van der Waals surface area contributed by atoms with Crippen LogP contribution in [0.15, 0.2) is 6.07 Å². The van der Waals surface area contributed by atoms with Gasteiger partial charge in [0.25, 0.3) is 12.4 Å². The molecule has 2 aliphatic rings. The number of thiazole rings is 1.